The van der Waals surface area contributed by atoms with Crippen LogP contribution in [-0.2, 0) is 6.54 Å². The maximum absolute atomic E-state index is 13.2. The number of hydrogen-bond acceptors (Lipinski definition) is 6. The molecule has 3 heterocycles. The molecule has 0 saturated heterocycles. The monoisotopic (exact) mass is 428 g/mol. The topological polar surface area (TPSA) is 73.8 Å². The van der Waals surface area contributed by atoms with Crippen LogP contribution in [0.4, 0.5) is 0 Å². The van der Waals surface area contributed by atoms with Crippen LogP contribution >= 0.6 is 11.3 Å². The van der Waals surface area contributed by atoms with E-state index >= 15 is 0 Å². The molecule has 0 bridgehead atoms. The first kappa shape index (κ1) is 19.4. The van der Waals surface area contributed by atoms with Crippen molar-refractivity contribution in [2.24, 2.45) is 0 Å². The minimum absolute atomic E-state index is 0.0657. The Kier molecular flexibility index (Phi) is 4.75. The Hall–Kier alpha value is -3.58. The van der Waals surface area contributed by atoms with Gasteiger partial charge >= 0.3 is 0 Å². The highest BCUT2D eigenvalue weighted by Crippen LogP contribution is 2.35. The Morgan fingerprint density at radius 2 is 1.84 bits per heavy atom. The fourth-order valence-corrected chi connectivity index (χ4v) is 4.64. The number of aryl methyl sites for hydroxylation is 3. The standard InChI is InChI=1S/C24H20N4O2S/c1-14-7-9-17(10-8-14)12-28-13-25-23-19(24(28)29)16(3)20(31-23)22-26-21(27-30-22)18-6-4-5-15(2)11-18/h4-11,13H,12H2,1-3H3. The fourth-order valence-electron chi connectivity index (χ4n) is 3.58. The molecule has 154 valence electrons. The average Bonchev–Trinajstić information content (AvgIpc) is 3.37. The molecule has 3 aromatic heterocycles. The van der Waals surface area contributed by atoms with Crippen LogP contribution < -0.4 is 5.56 Å². The molecule has 0 N–H and O–H groups in total. The van der Waals surface area contributed by atoms with Crippen molar-refractivity contribution in [1.82, 2.24) is 19.7 Å². The molecular formula is C24H20N4O2S. The second-order valence-corrected chi connectivity index (χ2v) is 8.69. The summed E-state index contributed by atoms with van der Waals surface area (Å²) in [5.74, 6) is 0.932. The lowest BCUT2D eigenvalue weighted by Crippen LogP contribution is -2.21. The maximum Gasteiger partial charge on any atom is 0.268 e. The highest BCUT2D eigenvalue weighted by molar-refractivity contribution is 7.22. The van der Waals surface area contributed by atoms with Gasteiger partial charge in [0, 0.05) is 5.56 Å². The Labute approximate surface area is 182 Å². The number of fused-ring (bicyclic) bond motifs is 1. The largest absolute Gasteiger partial charge is 0.333 e. The van der Waals surface area contributed by atoms with Crippen LogP contribution in [-0.4, -0.2) is 19.7 Å². The summed E-state index contributed by atoms with van der Waals surface area (Å²) >= 11 is 1.40. The lowest BCUT2D eigenvalue weighted by Gasteiger charge is -2.06. The summed E-state index contributed by atoms with van der Waals surface area (Å²) in [6.45, 7) is 6.45. The Morgan fingerprint density at radius 3 is 2.61 bits per heavy atom. The van der Waals surface area contributed by atoms with Crippen molar-refractivity contribution in [2.45, 2.75) is 27.3 Å². The van der Waals surface area contributed by atoms with Gasteiger partial charge in [0.05, 0.1) is 23.1 Å². The average molecular weight is 429 g/mol. The molecule has 5 aromatic rings. The van der Waals surface area contributed by atoms with Gasteiger partial charge in [0.15, 0.2) is 0 Å². The van der Waals surface area contributed by atoms with E-state index in [9.17, 15) is 4.79 Å². The number of thiophene rings is 1. The highest BCUT2D eigenvalue weighted by Gasteiger charge is 2.20. The minimum Gasteiger partial charge on any atom is -0.333 e. The third-order valence-electron chi connectivity index (χ3n) is 5.29. The van der Waals surface area contributed by atoms with Crippen molar-refractivity contribution in [2.75, 3.05) is 0 Å². The van der Waals surface area contributed by atoms with E-state index in [-0.39, 0.29) is 5.56 Å². The zero-order valence-electron chi connectivity index (χ0n) is 17.4. The molecule has 0 fully saturated rings. The Bertz CT molecular complexity index is 1460. The van der Waals surface area contributed by atoms with Crippen molar-refractivity contribution in [3.8, 4) is 22.2 Å². The van der Waals surface area contributed by atoms with Gasteiger partial charge in [0.25, 0.3) is 11.4 Å². The first-order valence-corrected chi connectivity index (χ1v) is 10.8. The van der Waals surface area contributed by atoms with Crippen molar-refractivity contribution >= 4 is 21.6 Å². The summed E-state index contributed by atoms with van der Waals surface area (Å²) in [6.07, 6.45) is 1.61. The second-order valence-electron chi connectivity index (χ2n) is 7.69. The van der Waals surface area contributed by atoms with Crippen LogP contribution in [0, 0.1) is 20.8 Å². The lowest BCUT2D eigenvalue weighted by atomic mass is 10.1. The van der Waals surface area contributed by atoms with E-state index < -0.39 is 0 Å². The highest BCUT2D eigenvalue weighted by atomic mass is 32.1. The van der Waals surface area contributed by atoms with E-state index in [0.29, 0.717) is 28.5 Å². The predicted octanol–water partition coefficient (Wildman–Crippen LogP) is 5.15. The first-order chi connectivity index (χ1) is 15.0. The number of nitrogens with zero attached hydrogens (tertiary/aromatic N) is 4. The minimum atomic E-state index is -0.0657. The van der Waals surface area contributed by atoms with Gasteiger partial charge in [-0.05, 0) is 38.0 Å². The quantitative estimate of drug-likeness (QED) is 0.396. The zero-order chi connectivity index (χ0) is 21.5. The van der Waals surface area contributed by atoms with Gasteiger partial charge in [-0.3, -0.25) is 9.36 Å². The SMILES string of the molecule is Cc1ccc(Cn2cnc3sc(-c4nc(-c5cccc(C)c5)no4)c(C)c3c2=O)cc1. The molecule has 0 aliphatic carbocycles. The molecule has 31 heavy (non-hydrogen) atoms. The van der Waals surface area contributed by atoms with E-state index in [2.05, 4.69) is 15.1 Å². The molecule has 5 rings (SSSR count). The molecule has 0 radical (unpaired) electrons. The third kappa shape index (κ3) is 3.57. The van der Waals surface area contributed by atoms with E-state index in [1.807, 2.05) is 69.3 Å². The van der Waals surface area contributed by atoms with E-state index in [1.54, 1.807) is 10.9 Å². The van der Waals surface area contributed by atoms with Crippen LogP contribution in [0.1, 0.15) is 22.3 Å². The molecule has 2 aromatic carbocycles. The molecule has 0 amide bonds. The van der Waals surface area contributed by atoms with Crippen LogP contribution in [0.5, 0.6) is 0 Å². The van der Waals surface area contributed by atoms with Gasteiger partial charge < -0.3 is 4.52 Å². The molecule has 7 heteroatoms. The third-order valence-corrected chi connectivity index (χ3v) is 6.48. The molecule has 0 saturated carbocycles. The molecule has 6 nitrogen and oxygen atoms in total. The van der Waals surface area contributed by atoms with Crippen LogP contribution in [0.25, 0.3) is 32.4 Å². The van der Waals surface area contributed by atoms with Crippen LogP contribution in [0.3, 0.4) is 0 Å². The summed E-state index contributed by atoms with van der Waals surface area (Å²) in [5.41, 5.74) is 5.01. The summed E-state index contributed by atoms with van der Waals surface area (Å²) in [4.78, 5) is 23.7. The number of aromatic nitrogens is 4. The molecule has 0 aliphatic rings. The van der Waals surface area contributed by atoms with E-state index in [1.165, 1.54) is 16.9 Å². The Balaban J connectivity index is 1.54. The Morgan fingerprint density at radius 1 is 1.03 bits per heavy atom. The van der Waals surface area contributed by atoms with Gasteiger partial charge in [-0.2, -0.15) is 4.98 Å². The first-order valence-electron chi connectivity index (χ1n) is 9.95. The predicted molar refractivity (Wildman–Crippen MR) is 122 cm³/mol. The van der Waals surface area contributed by atoms with Crippen molar-refractivity contribution in [3.05, 3.63) is 87.5 Å². The zero-order valence-corrected chi connectivity index (χ0v) is 18.2. The second kappa shape index (κ2) is 7.59. The van der Waals surface area contributed by atoms with Gasteiger partial charge in [-0.15, -0.1) is 11.3 Å². The van der Waals surface area contributed by atoms with Gasteiger partial charge in [0.1, 0.15) is 4.83 Å². The summed E-state index contributed by atoms with van der Waals surface area (Å²) in [5, 5.41) is 4.74. The fraction of sp³-hybridized carbons (Fsp3) is 0.167. The van der Waals surface area contributed by atoms with Crippen LogP contribution in [0.2, 0.25) is 0 Å². The number of rotatable bonds is 4. The summed E-state index contributed by atoms with van der Waals surface area (Å²) < 4.78 is 7.19. The number of benzene rings is 2. The van der Waals surface area contributed by atoms with Crippen LogP contribution in [0.15, 0.2) is 64.2 Å². The smallest absolute Gasteiger partial charge is 0.268 e. The lowest BCUT2D eigenvalue weighted by molar-refractivity contribution is 0.433. The van der Waals surface area contributed by atoms with E-state index in [0.717, 1.165) is 27.1 Å². The van der Waals surface area contributed by atoms with Gasteiger partial charge in [-0.1, -0.05) is 58.7 Å². The maximum atomic E-state index is 13.2. The normalized spacial score (nSPS) is 11.3. The van der Waals surface area contributed by atoms with E-state index in [4.69, 9.17) is 4.52 Å². The van der Waals surface area contributed by atoms with Gasteiger partial charge in [0.2, 0.25) is 5.82 Å². The van der Waals surface area contributed by atoms with Crippen molar-refractivity contribution in [1.29, 1.82) is 0 Å². The number of hydrogen-bond donors (Lipinski definition) is 0. The molecule has 0 unspecified atom stereocenters. The van der Waals surface area contributed by atoms with Crippen molar-refractivity contribution < 1.29 is 4.52 Å². The molecule has 0 aliphatic heterocycles. The summed E-state index contributed by atoms with van der Waals surface area (Å²) in [6, 6.07) is 16.1. The van der Waals surface area contributed by atoms with Crippen molar-refractivity contribution in [3.63, 3.8) is 0 Å². The molecular weight excluding hydrogens is 408 g/mol. The molecule has 0 spiro atoms. The van der Waals surface area contributed by atoms with Gasteiger partial charge in [-0.25, -0.2) is 4.98 Å². The molecule has 0 atom stereocenters. The summed E-state index contributed by atoms with van der Waals surface area (Å²) in [7, 11) is 0.